The maximum absolute atomic E-state index is 11.8. The minimum Gasteiger partial charge on any atom is -0.211 e. The first-order chi connectivity index (χ1) is 7.74. The van der Waals surface area contributed by atoms with Gasteiger partial charge in [0, 0.05) is 0 Å². The highest BCUT2D eigenvalue weighted by atomic mass is 32.2. The zero-order valence-corrected chi connectivity index (χ0v) is 8.75. The number of rotatable bonds is 3. The van der Waals surface area contributed by atoms with Gasteiger partial charge in [0.2, 0.25) is 6.08 Å². The third-order valence-corrected chi connectivity index (χ3v) is 2.72. The van der Waals surface area contributed by atoms with Gasteiger partial charge in [0.05, 0.1) is 10.6 Å². The Morgan fingerprint density at radius 3 is 2.47 bits per heavy atom. The molecule has 0 aliphatic heterocycles. The van der Waals surface area contributed by atoms with Crippen LogP contribution in [0.2, 0.25) is 0 Å². The average molecular weight is 267 g/mol. The van der Waals surface area contributed by atoms with Crippen molar-refractivity contribution in [2.75, 3.05) is 0 Å². The summed E-state index contributed by atoms with van der Waals surface area (Å²) in [6, 6.07) is 3.97. The molecule has 0 unspecified atom stereocenters. The number of nitrogens with zero attached hydrogens (tertiary/aromatic N) is 1. The zero-order chi connectivity index (χ0) is 13.1. The summed E-state index contributed by atoms with van der Waals surface area (Å²) >= 11 is 0. The molecule has 0 N–H and O–H groups in total. The Labute approximate surface area is 93.7 Å². The maximum Gasteiger partial charge on any atom is 0.537 e. The number of hydrogen-bond donors (Lipinski definition) is 0. The highest BCUT2D eigenvalue weighted by Crippen LogP contribution is 2.26. The molecule has 1 aromatic rings. The molecule has 0 atom stereocenters. The Morgan fingerprint density at radius 1 is 1.29 bits per heavy atom. The summed E-state index contributed by atoms with van der Waals surface area (Å²) in [5, 5.41) is 0. The van der Waals surface area contributed by atoms with Crippen LogP contribution in [0.5, 0.6) is 0 Å². The fourth-order valence-corrected chi connectivity index (χ4v) is 1.79. The predicted molar refractivity (Wildman–Crippen MR) is 48.5 cm³/mol. The van der Waals surface area contributed by atoms with Gasteiger partial charge < -0.3 is 0 Å². The number of halogens is 3. The van der Waals surface area contributed by atoms with E-state index in [0.29, 0.717) is 0 Å². The normalized spacial score (nSPS) is 11.9. The summed E-state index contributed by atoms with van der Waals surface area (Å²) in [7, 11) is -4.97. The summed E-state index contributed by atoms with van der Waals surface area (Å²) in [6.45, 7) is 0. The fraction of sp³-hybridized carbons (Fsp3) is 0.125. The van der Waals surface area contributed by atoms with E-state index < -0.39 is 21.4 Å². The molecule has 9 heteroatoms. The van der Waals surface area contributed by atoms with Crippen molar-refractivity contribution >= 4 is 21.9 Å². The second-order valence-corrected chi connectivity index (χ2v) is 4.23. The van der Waals surface area contributed by atoms with Crippen molar-refractivity contribution in [1.82, 2.24) is 0 Å². The quantitative estimate of drug-likeness (QED) is 0.476. The SMILES string of the molecule is O=C=Nc1cccc(S(=O)(=O)OC(F)(F)F)c1. The van der Waals surface area contributed by atoms with Crippen molar-refractivity contribution in [3.63, 3.8) is 0 Å². The van der Waals surface area contributed by atoms with Crippen molar-refractivity contribution in [2.24, 2.45) is 4.99 Å². The Hall–Kier alpha value is -1.70. The van der Waals surface area contributed by atoms with Crippen LogP contribution < -0.4 is 0 Å². The molecule has 0 radical (unpaired) electrons. The molecular weight excluding hydrogens is 263 g/mol. The minimum atomic E-state index is -5.32. The first-order valence-corrected chi connectivity index (χ1v) is 5.36. The Morgan fingerprint density at radius 2 is 1.94 bits per heavy atom. The lowest BCUT2D eigenvalue weighted by Gasteiger charge is -2.07. The first kappa shape index (κ1) is 13.4. The Bertz CT molecular complexity index is 560. The number of alkyl halides is 3. The van der Waals surface area contributed by atoms with Crippen molar-refractivity contribution in [2.45, 2.75) is 11.3 Å². The van der Waals surface area contributed by atoms with E-state index in [0.717, 1.165) is 24.3 Å². The van der Waals surface area contributed by atoms with Gasteiger partial charge in [0.25, 0.3) is 0 Å². The standard InChI is InChI=1S/C8H4F3NO4S/c9-8(10,11)16-17(14,15)7-3-1-2-6(4-7)12-5-13/h1-4H. The smallest absolute Gasteiger partial charge is 0.211 e. The summed E-state index contributed by atoms with van der Waals surface area (Å²) in [5.41, 5.74) is -0.146. The van der Waals surface area contributed by atoms with Crippen LogP contribution in [0.25, 0.3) is 0 Å². The molecule has 0 saturated heterocycles. The molecule has 0 aromatic heterocycles. The van der Waals surface area contributed by atoms with Gasteiger partial charge in [-0.3, -0.25) is 0 Å². The van der Waals surface area contributed by atoms with Gasteiger partial charge in [-0.2, -0.15) is 17.6 Å². The lowest BCUT2D eigenvalue weighted by molar-refractivity contribution is -0.271. The van der Waals surface area contributed by atoms with Gasteiger partial charge in [-0.15, -0.1) is 13.2 Å². The van der Waals surface area contributed by atoms with Gasteiger partial charge in [-0.1, -0.05) is 6.07 Å². The minimum absolute atomic E-state index is 0.146. The molecule has 17 heavy (non-hydrogen) atoms. The third kappa shape index (κ3) is 3.99. The second-order valence-electron chi connectivity index (χ2n) is 2.68. The van der Waals surface area contributed by atoms with Crippen LogP contribution in [0.15, 0.2) is 34.2 Å². The number of benzene rings is 1. The van der Waals surface area contributed by atoms with Gasteiger partial charge in [-0.25, -0.2) is 4.79 Å². The molecule has 1 rings (SSSR count). The number of aliphatic imine (C=N–C) groups is 1. The van der Waals surface area contributed by atoms with Crippen LogP contribution in [0.3, 0.4) is 0 Å². The number of hydrogen-bond acceptors (Lipinski definition) is 5. The van der Waals surface area contributed by atoms with Crippen LogP contribution in [0, 0.1) is 0 Å². The Kier molecular flexibility index (Phi) is 3.66. The highest BCUT2D eigenvalue weighted by Gasteiger charge is 2.37. The highest BCUT2D eigenvalue weighted by molar-refractivity contribution is 7.86. The first-order valence-electron chi connectivity index (χ1n) is 3.95. The number of isocyanates is 1. The Balaban J connectivity index is 3.16. The van der Waals surface area contributed by atoms with E-state index in [2.05, 4.69) is 9.18 Å². The van der Waals surface area contributed by atoms with Crippen molar-refractivity contribution in [3.8, 4) is 0 Å². The zero-order valence-electron chi connectivity index (χ0n) is 7.93. The van der Waals surface area contributed by atoms with E-state index in [1.807, 2.05) is 0 Å². The third-order valence-electron chi connectivity index (χ3n) is 1.49. The molecule has 1 aromatic carbocycles. The lowest BCUT2D eigenvalue weighted by Crippen LogP contribution is -2.19. The number of carbonyl (C=O) groups excluding carboxylic acids is 1. The molecule has 92 valence electrons. The van der Waals surface area contributed by atoms with Gasteiger partial charge >= 0.3 is 16.5 Å². The van der Waals surface area contributed by atoms with Crippen LogP contribution >= 0.6 is 0 Å². The van der Waals surface area contributed by atoms with E-state index in [-0.39, 0.29) is 5.69 Å². The van der Waals surface area contributed by atoms with E-state index in [1.165, 1.54) is 6.07 Å². The summed E-state index contributed by atoms with van der Waals surface area (Å²) in [4.78, 5) is 12.2. The van der Waals surface area contributed by atoms with Crippen molar-refractivity contribution in [1.29, 1.82) is 0 Å². The van der Waals surface area contributed by atoms with Gasteiger partial charge in [0.15, 0.2) is 0 Å². The molecule has 0 fully saturated rings. The van der Waals surface area contributed by atoms with Crippen LogP contribution in [-0.4, -0.2) is 20.9 Å². The lowest BCUT2D eigenvalue weighted by atomic mass is 10.3. The van der Waals surface area contributed by atoms with E-state index >= 15 is 0 Å². The van der Waals surface area contributed by atoms with Gasteiger partial charge in [-0.05, 0) is 18.2 Å². The molecule has 0 spiro atoms. The fourth-order valence-electron chi connectivity index (χ4n) is 0.934. The molecular formula is C8H4F3NO4S. The molecule has 0 bridgehead atoms. The van der Waals surface area contributed by atoms with Crippen LogP contribution in [0.4, 0.5) is 18.9 Å². The molecule has 0 amide bonds. The van der Waals surface area contributed by atoms with Gasteiger partial charge in [0.1, 0.15) is 0 Å². The van der Waals surface area contributed by atoms with Crippen LogP contribution in [0.1, 0.15) is 0 Å². The molecule has 0 aliphatic carbocycles. The topological polar surface area (TPSA) is 72.8 Å². The van der Waals surface area contributed by atoms with Crippen molar-refractivity contribution in [3.05, 3.63) is 24.3 Å². The predicted octanol–water partition coefficient (Wildman–Crippen LogP) is 1.88. The molecule has 5 nitrogen and oxygen atoms in total. The summed E-state index contributed by atoms with van der Waals surface area (Å²) in [6.07, 6.45) is -4.19. The second kappa shape index (κ2) is 4.66. The van der Waals surface area contributed by atoms with E-state index in [4.69, 9.17) is 0 Å². The molecule has 0 heterocycles. The summed E-state index contributed by atoms with van der Waals surface area (Å²) in [5.74, 6) is 0. The molecule has 0 saturated carbocycles. The summed E-state index contributed by atoms with van der Waals surface area (Å²) < 4.78 is 60.6. The molecule has 0 aliphatic rings. The van der Waals surface area contributed by atoms with E-state index in [9.17, 15) is 26.4 Å². The van der Waals surface area contributed by atoms with Crippen LogP contribution in [-0.2, 0) is 19.1 Å². The maximum atomic E-state index is 11.8. The largest absolute Gasteiger partial charge is 0.537 e. The van der Waals surface area contributed by atoms with Crippen molar-refractivity contribution < 1.29 is 30.6 Å². The average Bonchev–Trinajstić information content (AvgIpc) is 2.15. The van der Waals surface area contributed by atoms with E-state index in [1.54, 1.807) is 0 Å². The monoisotopic (exact) mass is 267 g/mol.